The van der Waals surface area contributed by atoms with Crippen molar-refractivity contribution in [1.82, 2.24) is 0 Å². The Morgan fingerprint density at radius 2 is 0.952 bits per heavy atom. The molecule has 0 amide bonds. The van der Waals surface area contributed by atoms with Crippen LogP contribution in [0.2, 0.25) is 0 Å². The zero-order valence-corrected chi connectivity index (χ0v) is 14.9. The molecule has 8 heteroatoms. The van der Waals surface area contributed by atoms with Crippen molar-refractivity contribution in [3.63, 3.8) is 0 Å². The summed E-state index contributed by atoms with van der Waals surface area (Å²) in [5, 5.41) is 0. The van der Waals surface area contributed by atoms with Gasteiger partial charge in [-0.3, -0.25) is 0 Å². The van der Waals surface area contributed by atoms with Gasteiger partial charge in [-0.15, -0.1) is 0 Å². The van der Waals surface area contributed by atoms with E-state index in [1.54, 1.807) is 0 Å². The maximum absolute atomic E-state index is 10.7. The molecule has 0 radical (unpaired) electrons. The Bertz CT molecular complexity index is 233. The summed E-state index contributed by atoms with van der Waals surface area (Å²) in [5.74, 6) is 4.49. The second-order valence-electron chi connectivity index (χ2n) is 5.10. The summed E-state index contributed by atoms with van der Waals surface area (Å²) in [6, 6.07) is 0. The summed E-state index contributed by atoms with van der Waals surface area (Å²) in [5.41, 5.74) is 0. The van der Waals surface area contributed by atoms with Gasteiger partial charge in [0.1, 0.15) is 17.3 Å². The summed E-state index contributed by atoms with van der Waals surface area (Å²) in [7, 11) is -9.89. The van der Waals surface area contributed by atoms with E-state index in [0.29, 0.717) is 0 Å². The van der Waals surface area contributed by atoms with Crippen LogP contribution in [0.4, 0.5) is 25.2 Å². The van der Waals surface area contributed by atoms with E-state index in [2.05, 4.69) is 20.8 Å². The summed E-state index contributed by atoms with van der Waals surface area (Å²) < 4.78 is 59.2. The summed E-state index contributed by atoms with van der Waals surface area (Å²) in [6.07, 6.45) is 10.0. The molecule has 0 saturated heterocycles. The van der Waals surface area contributed by atoms with Gasteiger partial charge in [0.25, 0.3) is 0 Å². The molecule has 134 valence electrons. The molecule has 0 unspecified atom stereocenters. The first kappa shape index (κ1) is 23.6. The van der Waals surface area contributed by atoms with Crippen molar-refractivity contribution in [3.05, 3.63) is 0 Å². The molecule has 0 aromatic carbocycles. The quantitative estimate of drug-likeness (QED) is 0.161. The molecule has 0 nitrogen and oxygen atoms in total. The fourth-order valence-corrected chi connectivity index (χ4v) is 4.17. The van der Waals surface area contributed by atoms with E-state index in [1.807, 2.05) is 0 Å². The van der Waals surface area contributed by atoms with Crippen LogP contribution in [0.5, 0.6) is 0 Å². The second kappa shape index (κ2) is 9.49. The molecule has 0 aliphatic carbocycles. The van der Waals surface area contributed by atoms with Crippen molar-refractivity contribution in [2.24, 2.45) is 0 Å². The monoisotopic (exact) mass is 362 g/mol. The van der Waals surface area contributed by atoms with E-state index in [9.17, 15) is 25.2 Å². The molecule has 0 aromatic heterocycles. The topological polar surface area (TPSA) is 0 Å². The van der Waals surface area contributed by atoms with Gasteiger partial charge in [0, 0.05) is 0 Å². The molecule has 0 aliphatic heterocycles. The van der Waals surface area contributed by atoms with Crippen LogP contribution in [0.1, 0.15) is 65.7 Å². The predicted octanol–water partition coefficient (Wildman–Crippen LogP) is 7.78. The summed E-state index contributed by atoms with van der Waals surface area (Å²) in [6.45, 7) is 6.94. The van der Waals surface area contributed by atoms with Crippen LogP contribution in [0.15, 0.2) is 0 Å². The number of hydrogen-bond donors (Lipinski definition) is 0. The Morgan fingerprint density at radius 1 is 0.571 bits per heavy atom. The van der Waals surface area contributed by atoms with E-state index in [-0.39, 0.29) is 0 Å². The molecule has 0 aromatic rings. The Labute approximate surface area is 127 Å². The van der Waals surface area contributed by atoms with Crippen molar-refractivity contribution >= 4 is 18.7 Å². The van der Waals surface area contributed by atoms with Crippen LogP contribution >= 0.6 is 7.81 Å². The van der Waals surface area contributed by atoms with Gasteiger partial charge >= 0.3 is 33.0 Å². The molecule has 0 spiro atoms. The van der Waals surface area contributed by atoms with Gasteiger partial charge in [-0.1, -0.05) is 40.0 Å². The van der Waals surface area contributed by atoms with Gasteiger partial charge in [-0.25, -0.2) is 0 Å². The SMILES string of the molecule is CCCCCCC[S+](CCC)CCC.F[P-](F)(F)(F)(F)F. The Balaban J connectivity index is 0. The van der Waals surface area contributed by atoms with E-state index in [1.165, 1.54) is 62.2 Å². The second-order valence-corrected chi connectivity index (χ2v) is 9.46. The van der Waals surface area contributed by atoms with Crippen molar-refractivity contribution in [3.8, 4) is 0 Å². The zero-order valence-electron chi connectivity index (χ0n) is 13.2. The summed E-state index contributed by atoms with van der Waals surface area (Å²) >= 11 is 0. The van der Waals surface area contributed by atoms with Crippen LogP contribution in [0, 0.1) is 0 Å². The fraction of sp³-hybridized carbons (Fsp3) is 1.00. The average Bonchev–Trinajstić information content (AvgIpc) is 2.25. The Morgan fingerprint density at radius 3 is 1.29 bits per heavy atom. The average molecular weight is 362 g/mol. The Hall–Kier alpha value is 0.360. The van der Waals surface area contributed by atoms with E-state index >= 15 is 0 Å². The third kappa shape index (κ3) is 38.5. The van der Waals surface area contributed by atoms with Crippen molar-refractivity contribution in [2.45, 2.75) is 65.7 Å². The zero-order chi connectivity index (χ0) is 17.1. The fourth-order valence-electron chi connectivity index (χ4n) is 1.79. The normalized spacial score (nSPS) is 15.1. The van der Waals surface area contributed by atoms with Crippen LogP contribution in [-0.2, 0) is 10.9 Å². The van der Waals surface area contributed by atoms with E-state index < -0.39 is 7.81 Å². The minimum atomic E-state index is -10.7. The molecular formula is C13H29F6PS. The van der Waals surface area contributed by atoms with Gasteiger partial charge < -0.3 is 0 Å². The van der Waals surface area contributed by atoms with Gasteiger partial charge in [-0.05, 0) is 36.6 Å². The molecule has 0 fully saturated rings. The molecular weight excluding hydrogens is 333 g/mol. The number of rotatable bonds is 10. The number of unbranched alkanes of at least 4 members (excludes halogenated alkanes) is 4. The number of halogens is 6. The maximum atomic E-state index is 9.87. The predicted molar refractivity (Wildman–Crippen MR) is 84.9 cm³/mol. The molecule has 0 rings (SSSR count). The molecule has 0 heterocycles. The molecule has 21 heavy (non-hydrogen) atoms. The molecule has 0 atom stereocenters. The standard InChI is InChI=1S/C13H29S.F6P/c1-4-7-8-9-10-13-14(11-5-2)12-6-3;1-7(2,3,4,5)6/h4-13H2,1-3H3;/q+1;-1. The first-order valence-electron chi connectivity index (χ1n) is 7.50. The van der Waals surface area contributed by atoms with Gasteiger partial charge in [0.05, 0.1) is 0 Å². The van der Waals surface area contributed by atoms with Gasteiger partial charge in [0.15, 0.2) is 0 Å². The van der Waals surface area contributed by atoms with E-state index in [4.69, 9.17) is 0 Å². The van der Waals surface area contributed by atoms with Crippen LogP contribution in [0.3, 0.4) is 0 Å². The molecule has 0 saturated carbocycles. The minimum absolute atomic E-state index is 0.770. The Kier molecular flexibility index (Phi) is 10.7. The van der Waals surface area contributed by atoms with Gasteiger partial charge in [-0.2, -0.15) is 0 Å². The van der Waals surface area contributed by atoms with E-state index in [0.717, 1.165) is 10.9 Å². The first-order valence-corrected chi connectivity index (χ1v) is 11.3. The van der Waals surface area contributed by atoms with Crippen molar-refractivity contribution in [2.75, 3.05) is 17.3 Å². The first-order chi connectivity index (χ1) is 9.30. The molecule has 0 bridgehead atoms. The third-order valence-corrected chi connectivity index (χ3v) is 5.36. The number of hydrogen-bond acceptors (Lipinski definition) is 0. The summed E-state index contributed by atoms with van der Waals surface area (Å²) in [4.78, 5) is 0. The van der Waals surface area contributed by atoms with Gasteiger partial charge in [0.2, 0.25) is 0 Å². The van der Waals surface area contributed by atoms with Crippen LogP contribution < -0.4 is 0 Å². The molecule has 0 aliphatic rings. The van der Waals surface area contributed by atoms with Crippen molar-refractivity contribution in [1.29, 1.82) is 0 Å². The van der Waals surface area contributed by atoms with Crippen LogP contribution in [0.25, 0.3) is 0 Å². The van der Waals surface area contributed by atoms with Crippen LogP contribution in [-0.4, -0.2) is 17.3 Å². The van der Waals surface area contributed by atoms with Crippen molar-refractivity contribution < 1.29 is 25.2 Å². The molecule has 0 N–H and O–H groups in total. The third-order valence-electron chi connectivity index (χ3n) is 2.52.